The third-order valence-electron chi connectivity index (χ3n) is 4.41. The van der Waals surface area contributed by atoms with Crippen LogP contribution in [0.5, 0.6) is 0 Å². The highest BCUT2D eigenvalue weighted by molar-refractivity contribution is 7.99. The van der Waals surface area contributed by atoms with Gasteiger partial charge in [0.2, 0.25) is 5.91 Å². The van der Waals surface area contributed by atoms with Crippen LogP contribution < -0.4 is 11.1 Å². The maximum atomic E-state index is 12.2. The second kappa shape index (κ2) is 9.30. The first-order valence-electron chi connectivity index (χ1n) is 8.45. The molecule has 5 heteroatoms. The number of carbonyl (C=O) groups excluding carboxylic acids is 1. The quantitative estimate of drug-likeness (QED) is 0.801. The summed E-state index contributed by atoms with van der Waals surface area (Å²) in [6, 6.07) is 7.61. The zero-order valence-electron chi connectivity index (χ0n) is 14.1. The average molecular weight is 337 g/mol. The van der Waals surface area contributed by atoms with Crippen LogP contribution in [-0.4, -0.2) is 30.4 Å². The summed E-state index contributed by atoms with van der Waals surface area (Å²) < 4.78 is 5.39. The van der Waals surface area contributed by atoms with Crippen molar-refractivity contribution in [1.29, 1.82) is 0 Å². The van der Waals surface area contributed by atoms with E-state index in [1.807, 2.05) is 43.8 Å². The van der Waals surface area contributed by atoms with Crippen LogP contribution in [0.25, 0.3) is 0 Å². The molecule has 1 amide bonds. The van der Waals surface area contributed by atoms with Gasteiger partial charge in [0.05, 0.1) is 6.04 Å². The van der Waals surface area contributed by atoms with E-state index in [-0.39, 0.29) is 11.8 Å². The van der Waals surface area contributed by atoms with Crippen LogP contribution in [0.3, 0.4) is 0 Å². The standard InChI is InChI=1S/C18H28N2O2S/c1-3-13(2)17(19)18(21)20-15-6-4-5-14(11-15)12-23-16-7-9-22-10-8-16/h4-6,11,13,16-17H,3,7-10,12,19H2,1-2H3,(H,20,21). The molecule has 2 unspecified atom stereocenters. The first-order chi connectivity index (χ1) is 11.1. The summed E-state index contributed by atoms with van der Waals surface area (Å²) in [5, 5.41) is 3.62. The van der Waals surface area contributed by atoms with Gasteiger partial charge in [-0.1, -0.05) is 32.4 Å². The molecule has 1 aromatic rings. The number of hydrogen-bond donors (Lipinski definition) is 2. The van der Waals surface area contributed by atoms with Gasteiger partial charge >= 0.3 is 0 Å². The van der Waals surface area contributed by atoms with E-state index in [1.165, 1.54) is 5.56 Å². The number of ether oxygens (including phenoxy) is 1. The van der Waals surface area contributed by atoms with Crippen LogP contribution in [-0.2, 0) is 15.3 Å². The van der Waals surface area contributed by atoms with Crippen LogP contribution in [0.1, 0.15) is 38.7 Å². The highest BCUT2D eigenvalue weighted by Crippen LogP contribution is 2.26. The average Bonchev–Trinajstić information content (AvgIpc) is 2.59. The number of nitrogens with one attached hydrogen (secondary N) is 1. The summed E-state index contributed by atoms with van der Waals surface area (Å²) in [5.74, 6) is 1.04. The molecule has 1 aromatic carbocycles. The Kier molecular flexibility index (Phi) is 7.40. The van der Waals surface area contributed by atoms with E-state index in [2.05, 4.69) is 11.4 Å². The molecule has 0 aliphatic carbocycles. The first kappa shape index (κ1) is 18.3. The van der Waals surface area contributed by atoms with Crippen molar-refractivity contribution in [3.8, 4) is 0 Å². The van der Waals surface area contributed by atoms with Crippen LogP contribution in [0.2, 0.25) is 0 Å². The van der Waals surface area contributed by atoms with Gasteiger partial charge < -0.3 is 15.8 Å². The van der Waals surface area contributed by atoms with Gasteiger partial charge in [0, 0.05) is 29.9 Å². The highest BCUT2D eigenvalue weighted by Gasteiger charge is 2.19. The molecule has 1 saturated heterocycles. The number of benzene rings is 1. The second-order valence-electron chi connectivity index (χ2n) is 6.22. The Morgan fingerprint density at radius 1 is 1.43 bits per heavy atom. The van der Waals surface area contributed by atoms with Gasteiger partial charge in [-0.15, -0.1) is 0 Å². The van der Waals surface area contributed by atoms with E-state index < -0.39 is 6.04 Å². The number of thioether (sulfide) groups is 1. The van der Waals surface area contributed by atoms with E-state index >= 15 is 0 Å². The Morgan fingerprint density at radius 3 is 2.87 bits per heavy atom. The van der Waals surface area contributed by atoms with Crippen molar-refractivity contribution < 1.29 is 9.53 Å². The molecule has 0 spiro atoms. The molecular formula is C18H28N2O2S. The largest absolute Gasteiger partial charge is 0.381 e. The molecule has 3 N–H and O–H groups in total. The number of hydrogen-bond acceptors (Lipinski definition) is 4. The zero-order valence-corrected chi connectivity index (χ0v) is 14.9. The van der Waals surface area contributed by atoms with Crippen molar-refractivity contribution in [2.75, 3.05) is 18.5 Å². The zero-order chi connectivity index (χ0) is 16.7. The number of amides is 1. The SMILES string of the molecule is CCC(C)C(N)C(=O)Nc1cccc(CSC2CCOCC2)c1. The van der Waals surface area contributed by atoms with Crippen LogP contribution >= 0.6 is 11.8 Å². The fourth-order valence-electron chi connectivity index (χ4n) is 2.53. The Hall–Kier alpha value is -1.04. The van der Waals surface area contributed by atoms with E-state index in [4.69, 9.17) is 10.5 Å². The molecule has 0 radical (unpaired) electrons. The molecule has 4 nitrogen and oxygen atoms in total. The lowest BCUT2D eigenvalue weighted by atomic mass is 9.99. The number of anilines is 1. The minimum absolute atomic E-state index is 0.103. The fourth-order valence-corrected chi connectivity index (χ4v) is 3.67. The monoisotopic (exact) mass is 336 g/mol. The fraction of sp³-hybridized carbons (Fsp3) is 0.611. The van der Waals surface area contributed by atoms with E-state index in [9.17, 15) is 4.79 Å². The minimum atomic E-state index is -0.458. The van der Waals surface area contributed by atoms with Gasteiger partial charge in [-0.05, 0) is 36.5 Å². The van der Waals surface area contributed by atoms with Gasteiger partial charge in [0.25, 0.3) is 0 Å². The van der Waals surface area contributed by atoms with Gasteiger partial charge in [0.15, 0.2) is 0 Å². The van der Waals surface area contributed by atoms with E-state index in [1.54, 1.807) is 0 Å². The molecule has 23 heavy (non-hydrogen) atoms. The Bertz CT molecular complexity index is 504. The van der Waals surface area contributed by atoms with Crippen LogP contribution in [0, 0.1) is 5.92 Å². The predicted molar refractivity (Wildman–Crippen MR) is 97.6 cm³/mol. The van der Waals surface area contributed by atoms with Crippen molar-refractivity contribution >= 4 is 23.4 Å². The van der Waals surface area contributed by atoms with Crippen LogP contribution in [0.15, 0.2) is 24.3 Å². The van der Waals surface area contributed by atoms with Gasteiger partial charge in [-0.2, -0.15) is 11.8 Å². The normalized spacial score (nSPS) is 18.4. The molecule has 128 valence electrons. The number of carbonyl (C=O) groups is 1. The van der Waals surface area contributed by atoms with E-state index in [0.29, 0.717) is 5.25 Å². The molecule has 2 atom stereocenters. The Labute approximate surface area is 143 Å². The minimum Gasteiger partial charge on any atom is -0.381 e. The maximum absolute atomic E-state index is 12.2. The molecule has 0 aromatic heterocycles. The third-order valence-corrected chi connectivity index (χ3v) is 5.85. The first-order valence-corrected chi connectivity index (χ1v) is 9.49. The number of nitrogens with two attached hydrogens (primary N) is 1. The van der Waals surface area contributed by atoms with Crippen molar-refractivity contribution in [1.82, 2.24) is 0 Å². The molecule has 0 saturated carbocycles. The third kappa shape index (κ3) is 5.83. The summed E-state index contributed by atoms with van der Waals surface area (Å²) in [5.41, 5.74) is 8.05. The topological polar surface area (TPSA) is 64.4 Å². The summed E-state index contributed by atoms with van der Waals surface area (Å²) in [7, 11) is 0. The van der Waals surface area contributed by atoms with Crippen molar-refractivity contribution in [2.45, 2.75) is 50.2 Å². The number of rotatable bonds is 7. The molecule has 0 bridgehead atoms. The molecule has 1 heterocycles. The molecular weight excluding hydrogens is 308 g/mol. The lowest BCUT2D eigenvalue weighted by Gasteiger charge is -2.21. The summed E-state index contributed by atoms with van der Waals surface area (Å²) >= 11 is 1.98. The van der Waals surface area contributed by atoms with E-state index in [0.717, 1.165) is 43.9 Å². The summed E-state index contributed by atoms with van der Waals surface area (Å²) in [6.45, 7) is 5.81. The lowest BCUT2D eigenvalue weighted by molar-refractivity contribution is -0.118. The van der Waals surface area contributed by atoms with Gasteiger partial charge in [0.1, 0.15) is 0 Å². The lowest BCUT2D eigenvalue weighted by Crippen LogP contribution is -2.40. The van der Waals surface area contributed by atoms with Crippen molar-refractivity contribution in [3.05, 3.63) is 29.8 Å². The smallest absolute Gasteiger partial charge is 0.241 e. The molecule has 1 aliphatic rings. The summed E-state index contributed by atoms with van der Waals surface area (Å²) in [4.78, 5) is 12.2. The Balaban J connectivity index is 1.87. The predicted octanol–water partition coefficient (Wildman–Crippen LogP) is 3.41. The van der Waals surface area contributed by atoms with Gasteiger partial charge in [-0.25, -0.2) is 0 Å². The summed E-state index contributed by atoms with van der Waals surface area (Å²) in [6.07, 6.45) is 3.16. The second-order valence-corrected chi connectivity index (χ2v) is 7.51. The Morgan fingerprint density at radius 2 is 2.17 bits per heavy atom. The molecule has 1 fully saturated rings. The highest BCUT2D eigenvalue weighted by atomic mass is 32.2. The van der Waals surface area contributed by atoms with Crippen molar-refractivity contribution in [2.24, 2.45) is 11.7 Å². The van der Waals surface area contributed by atoms with Gasteiger partial charge in [-0.3, -0.25) is 4.79 Å². The van der Waals surface area contributed by atoms with Crippen molar-refractivity contribution in [3.63, 3.8) is 0 Å². The maximum Gasteiger partial charge on any atom is 0.241 e. The molecule has 2 rings (SSSR count). The molecule has 1 aliphatic heterocycles. The van der Waals surface area contributed by atoms with Crippen LogP contribution in [0.4, 0.5) is 5.69 Å².